The predicted octanol–water partition coefficient (Wildman–Crippen LogP) is 5.09. The summed E-state index contributed by atoms with van der Waals surface area (Å²) in [5.74, 6) is 1.60. The Labute approximate surface area is 136 Å². The van der Waals surface area contributed by atoms with E-state index in [1.165, 1.54) is 16.3 Å². The third-order valence-corrected chi connectivity index (χ3v) is 4.83. The van der Waals surface area contributed by atoms with Gasteiger partial charge in [-0.3, -0.25) is 0 Å². The fourth-order valence-corrected chi connectivity index (χ4v) is 3.68. The lowest BCUT2D eigenvalue weighted by molar-refractivity contribution is 0.366. The van der Waals surface area contributed by atoms with Crippen LogP contribution in [0.4, 0.5) is 5.69 Å². The van der Waals surface area contributed by atoms with E-state index in [0.717, 1.165) is 12.1 Å². The monoisotopic (exact) mass is 320 g/mol. The first-order valence-electron chi connectivity index (χ1n) is 7.09. The van der Waals surface area contributed by atoms with E-state index >= 15 is 0 Å². The van der Waals surface area contributed by atoms with Crippen LogP contribution in [-0.2, 0) is 6.42 Å². The number of benzene rings is 1. The van der Waals surface area contributed by atoms with Crippen LogP contribution in [0.3, 0.4) is 0 Å². The lowest BCUT2D eigenvalue weighted by atomic mass is 10.0. The number of thiophene rings is 1. The second kappa shape index (κ2) is 6.63. The van der Waals surface area contributed by atoms with Gasteiger partial charge in [0.15, 0.2) is 0 Å². The van der Waals surface area contributed by atoms with Crippen LogP contribution in [0.25, 0.3) is 0 Å². The summed E-state index contributed by atoms with van der Waals surface area (Å²) >= 11 is 1.83. The zero-order valence-electron chi connectivity index (χ0n) is 12.6. The van der Waals surface area contributed by atoms with Crippen molar-refractivity contribution >= 4 is 35.3 Å². The predicted molar refractivity (Wildman–Crippen MR) is 94.2 cm³/mol. The fourth-order valence-electron chi connectivity index (χ4n) is 2.81. The van der Waals surface area contributed by atoms with Crippen LogP contribution in [0.1, 0.15) is 30.3 Å². The molecule has 1 aliphatic rings. The quantitative estimate of drug-likeness (QED) is 0.753. The molecule has 0 saturated carbocycles. The van der Waals surface area contributed by atoms with E-state index in [1.54, 1.807) is 0 Å². The molecule has 1 aliphatic heterocycles. The third kappa shape index (κ3) is 3.14. The maximum atomic E-state index is 4.93. The number of hydrogen-bond acceptors (Lipinski definition) is 3. The summed E-state index contributed by atoms with van der Waals surface area (Å²) in [5.41, 5.74) is 2.47. The molecule has 0 saturated heterocycles. The highest BCUT2D eigenvalue weighted by Crippen LogP contribution is 2.35. The molecule has 0 amide bonds. The fraction of sp³-hybridized carbons (Fsp3) is 0.353. The van der Waals surface area contributed by atoms with Gasteiger partial charge >= 0.3 is 0 Å². The van der Waals surface area contributed by atoms with E-state index in [-0.39, 0.29) is 12.4 Å². The van der Waals surface area contributed by atoms with E-state index in [2.05, 4.69) is 67.6 Å². The van der Waals surface area contributed by atoms with Gasteiger partial charge in [0.1, 0.15) is 5.84 Å². The minimum absolute atomic E-state index is 0. The Balaban J connectivity index is 0.00000161. The molecule has 1 unspecified atom stereocenters. The van der Waals surface area contributed by atoms with Crippen molar-refractivity contribution in [1.29, 1.82) is 0 Å². The van der Waals surface area contributed by atoms with Crippen molar-refractivity contribution in [3.63, 3.8) is 0 Å². The average molecular weight is 321 g/mol. The zero-order valence-corrected chi connectivity index (χ0v) is 14.2. The van der Waals surface area contributed by atoms with Gasteiger partial charge in [0.2, 0.25) is 0 Å². The summed E-state index contributed by atoms with van der Waals surface area (Å²) < 4.78 is 0. The standard InChI is InChI=1S/C17H20N2S.ClH/c1-12(2)17-18-14-8-5-4-7-13(14)11-15(19(17)3)16-9-6-10-20-16;/h4-10,12,15H,11H2,1-3H3;1H. The highest BCUT2D eigenvalue weighted by Gasteiger charge is 2.26. The Bertz CT molecular complexity index is 619. The highest BCUT2D eigenvalue weighted by molar-refractivity contribution is 7.10. The number of hydrogen-bond donors (Lipinski definition) is 0. The van der Waals surface area contributed by atoms with Crippen molar-refractivity contribution < 1.29 is 0 Å². The Kier molecular flexibility index (Phi) is 5.07. The smallest absolute Gasteiger partial charge is 0.108 e. The molecule has 1 aromatic carbocycles. The van der Waals surface area contributed by atoms with Crippen LogP contribution in [0.5, 0.6) is 0 Å². The van der Waals surface area contributed by atoms with Crippen LogP contribution in [-0.4, -0.2) is 17.8 Å². The summed E-state index contributed by atoms with van der Waals surface area (Å²) in [6, 6.07) is 13.3. The van der Waals surface area contributed by atoms with Crippen molar-refractivity contribution in [1.82, 2.24) is 4.90 Å². The third-order valence-electron chi connectivity index (χ3n) is 3.86. The summed E-state index contributed by atoms with van der Waals surface area (Å²) in [4.78, 5) is 8.70. The van der Waals surface area contributed by atoms with E-state index in [4.69, 9.17) is 4.99 Å². The molecular weight excluding hydrogens is 300 g/mol. The van der Waals surface area contributed by atoms with Crippen molar-refractivity contribution in [2.45, 2.75) is 26.3 Å². The van der Waals surface area contributed by atoms with Crippen LogP contribution >= 0.6 is 23.7 Å². The van der Waals surface area contributed by atoms with Crippen molar-refractivity contribution in [3.8, 4) is 0 Å². The lowest BCUT2D eigenvalue weighted by Crippen LogP contribution is -2.34. The molecule has 2 heterocycles. The Morgan fingerprint density at radius 1 is 1.19 bits per heavy atom. The number of likely N-dealkylation sites (N-methyl/N-ethyl adjacent to an activating group) is 1. The first-order valence-corrected chi connectivity index (χ1v) is 7.97. The molecule has 0 N–H and O–H groups in total. The Morgan fingerprint density at radius 3 is 2.62 bits per heavy atom. The van der Waals surface area contributed by atoms with Crippen molar-refractivity contribution in [2.24, 2.45) is 10.9 Å². The van der Waals surface area contributed by atoms with Crippen LogP contribution in [0, 0.1) is 5.92 Å². The highest BCUT2D eigenvalue weighted by atomic mass is 35.5. The van der Waals surface area contributed by atoms with Gasteiger partial charge in [-0.05, 0) is 29.5 Å². The molecule has 112 valence electrons. The van der Waals surface area contributed by atoms with Gasteiger partial charge in [0, 0.05) is 17.8 Å². The minimum Gasteiger partial charge on any atom is -0.355 e. The van der Waals surface area contributed by atoms with E-state index in [9.17, 15) is 0 Å². The second-order valence-corrected chi connectivity index (χ2v) is 6.58. The number of nitrogens with zero attached hydrogens (tertiary/aromatic N) is 2. The molecule has 21 heavy (non-hydrogen) atoms. The van der Waals surface area contributed by atoms with Crippen LogP contribution in [0.15, 0.2) is 46.8 Å². The maximum absolute atomic E-state index is 4.93. The summed E-state index contributed by atoms with van der Waals surface area (Å²) in [6.45, 7) is 4.43. The number of amidine groups is 1. The van der Waals surface area contributed by atoms with Gasteiger partial charge in [-0.2, -0.15) is 0 Å². The van der Waals surface area contributed by atoms with Gasteiger partial charge in [-0.1, -0.05) is 38.1 Å². The molecule has 0 radical (unpaired) electrons. The van der Waals surface area contributed by atoms with E-state index in [1.807, 2.05) is 11.3 Å². The molecule has 1 aromatic heterocycles. The topological polar surface area (TPSA) is 15.6 Å². The molecular formula is C17H21ClN2S. The molecule has 1 atom stereocenters. The second-order valence-electron chi connectivity index (χ2n) is 5.60. The van der Waals surface area contributed by atoms with Gasteiger partial charge in [0.25, 0.3) is 0 Å². The van der Waals surface area contributed by atoms with Gasteiger partial charge < -0.3 is 4.90 Å². The zero-order chi connectivity index (χ0) is 14.1. The molecule has 0 bridgehead atoms. The Morgan fingerprint density at radius 2 is 1.95 bits per heavy atom. The first kappa shape index (κ1) is 16.1. The largest absolute Gasteiger partial charge is 0.355 e. The van der Waals surface area contributed by atoms with E-state index < -0.39 is 0 Å². The number of aliphatic imine (C=N–C) groups is 1. The van der Waals surface area contributed by atoms with Crippen LogP contribution in [0.2, 0.25) is 0 Å². The SMILES string of the molecule is CC(C)C1=Nc2ccccc2CC(c2cccs2)N1C.Cl. The minimum atomic E-state index is 0. The lowest BCUT2D eigenvalue weighted by Gasteiger charge is -2.30. The van der Waals surface area contributed by atoms with Crippen LogP contribution < -0.4 is 0 Å². The normalized spacial score (nSPS) is 17.8. The van der Waals surface area contributed by atoms with Gasteiger partial charge in [-0.15, -0.1) is 23.7 Å². The van der Waals surface area contributed by atoms with Gasteiger partial charge in [-0.25, -0.2) is 4.99 Å². The molecule has 3 rings (SSSR count). The molecule has 0 spiro atoms. The number of fused-ring (bicyclic) bond motifs is 1. The van der Waals surface area contributed by atoms with E-state index in [0.29, 0.717) is 12.0 Å². The molecule has 2 aromatic rings. The molecule has 0 aliphatic carbocycles. The first-order chi connectivity index (χ1) is 9.66. The average Bonchev–Trinajstić information content (AvgIpc) is 2.91. The number of para-hydroxylation sites is 1. The molecule has 0 fully saturated rings. The summed E-state index contributed by atoms with van der Waals surface area (Å²) in [6.07, 6.45) is 1.02. The van der Waals surface area contributed by atoms with Crippen molar-refractivity contribution in [2.75, 3.05) is 7.05 Å². The Hall–Kier alpha value is -1.32. The summed E-state index contributed by atoms with van der Waals surface area (Å²) in [5, 5.41) is 2.16. The number of halogens is 1. The molecule has 2 nitrogen and oxygen atoms in total. The summed E-state index contributed by atoms with van der Waals surface area (Å²) in [7, 11) is 2.18. The van der Waals surface area contributed by atoms with Gasteiger partial charge in [0.05, 0.1) is 11.7 Å². The molecule has 4 heteroatoms. The number of rotatable bonds is 2. The van der Waals surface area contributed by atoms with Crippen molar-refractivity contribution in [3.05, 3.63) is 52.2 Å². The maximum Gasteiger partial charge on any atom is 0.108 e.